The van der Waals surface area contributed by atoms with E-state index < -0.39 is 0 Å². The van der Waals surface area contributed by atoms with Crippen LogP contribution in [0.2, 0.25) is 0 Å². The highest BCUT2D eigenvalue weighted by Crippen LogP contribution is 2.39. The lowest BCUT2D eigenvalue weighted by Crippen LogP contribution is -1.99. The smallest absolute Gasteiger partial charge is 0.0998 e. The summed E-state index contributed by atoms with van der Waals surface area (Å²) in [7, 11) is 0. The molecule has 11 aromatic rings. The maximum atomic E-state index is 10.5. The van der Waals surface area contributed by atoms with Crippen molar-refractivity contribution in [2.24, 2.45) is 0 Å². The second-order valence-electron chi connectivity index (χ2n) is 14.0. The van der Waals surface area contributed by atoms with Gasteiger partial charge in [-0.1, -0.05) is 97.1 Å². The van der Waals surface area contributed by atoms with Crippen molar-refractivity contribution in [3.8, 4) is 40.3 Å². The summed E-state index contributed by atoms with van der Waals surface area (Å²) in [5.74, 6) is 0. The fourth-order valence-corrected chi connectivity index (χ4v) is 8.72. The minimum atomic E-state index is 0.599. The number of benzene rings is 8. The molecule has 5 nitrogen and oxygen atoms in total. The fourth-order valence-electron chi connectivity index (χ4n) is 8.72. The van der Waals surface area contributed by atoms with Crippen LogP contribution in [-0.4, -0.2) is 13.7 Å². The highest BCUT2D eigenvalue weighted by atomic mass is 15.0. The summed E-state index contributed by atoms with van der Waals surface area (Å²) in [6, 6.07) is 66.0. The lowest BCUT2D eigenvalue weighted by Gasteiger charge is -2.14. The Morgan fingerprint density at radius 2 is 0.782 bits per heavy atom. The molecule has 0 spiro atoms. The van der Waals surface area contributed by atoms with Gasteiger partial charge in [-0.25, -0.2) is 0 Å². The van der Waals surface area contributed by atoms with E-state index in [0.29, 0.717) is 11.1 Å². The molecule has 11 rings (SSSR count). The number of hydrogen-bond acceptors (Lipinski definition) is 2. The summed E-state index contributed by atoms with van der Waals surface area (Å²) < 4.78 is 6.90. The monoisotopic (exact) mass is 699 g/mol. The van der Waals surface area contributed by atoms with Gasteiger partial charge in [0.1, 0.15) is 0 Å². The van der Waals surface area contributed by atoms with Crippen molar-refractivity contribution >= 4 is 65.4 Å². The number of nitrogens with zero attached hydrogens (tertiary/aromatic N) is 5. The van der Waals surface area contributed by atoms with E-state index in [4.69, 9.17) is 0 Å². The minimum Gasteiger partial charge on any atom is -0.309 e. The van der Waals surface area contributed by atoms with Gasteiger partial charge in [0.2, 0.25) is 0 Å². The van der Waals surface area contributed by atoms with E-state index in [1.165, 1.54) is 27.2 Å². The molecule has 3 heterocycles. The molecule has 3 aromatic heterocycles. The molecule has 0 aliphatic heterocycles. The molecule has 254 valence electrons. The SMILES string of the molecule is N#Cc1ccc2c3ccccc3n(-c3cccc(-c4cc(-n5c6ccccc6c6ccc(-n7c8ccccc8c8ccccc87)cc65)ccc4C#N)c3)c2c1. The third-order valence-electron chi connectivity index (χ3n) is 11.1. The number of fused-ring (bicyclic) bond motifs is 9. The van der Waals surface area contributed by atoms with Crippen LogP contribution in [0.1, 0.15) is 11.1 Å². The quantitative estimate of drug-likeness (QED) is 0.184. The van der Waals surface area contributed by atoms with Crippen molar-refractivity contribution in [1.29, 1.82) is 10.5 Å². The molecular formula is C50H29N5. The van der Waals surface area contributed by atoms with Gasteiger partial charge in [0.05, 0.1) is 56.4 Å². The van der Waals surface area contributed by atoms with Gasteiger partial charge in [0.15, 0.2) is 0 Å². The van der Waals surface area contributed by atoms with Gasteiger partial charge >= 0.3 is 0 Å². The van der Waals surface area contributed by atoms with Gasteiger partial charge in [-0.05, 0) is 84.4 Å². The van der Waals surface area contributed by atoms with Gasteiger partial charge in [-0.15, -0.1) is 0 Å². The van der Waals surface area contributed by atoms with Crippen molar-refractivity contribution in [1.82, 2.24) is 13.7 Å². The Morgan fingerprint density at radius 1 is 0.327 bits per heavy atom. The summed E-state index contributed by atoms with van der Waals surface area (Å²) in [6.45, 7) is 0. The number of nitriles is 2. The predicted molar refractivity (Wildman–Crippen MR) is 224 cm³/mol. The Hall–Kier alpha value is -7.86. The molecule has 0 saturated carbocycles. The zero-order valence-corrected chi connectivity index (χ0v) is 29.5. The molecule has 8 aromatic carbocycles. The first-order valence-electron chi connectivity index (χ1n) is 18.3. The van der Waals surface area contributed by atoms with Crippen LogP contribution in [0.3, 0.4) is 0 Å². The zero-order chi connectivity index (χ0) is 36.6. The third-order valence-corrected chi connectivity index (χ3v) is 11.1. The largest absolute Gasteiger partial charge is 0.309 e. The molecule has 0 amide bonds. The maximum Gasteiger partial charge on any atom is 0.0998 e. The summed E-state index contributed by atoms with van der Waals surface area (Å²) in [6.07, 6.45) is 0. The number of aromatic nitrogens is 3. The highest BCUT2D eigenvalue weighted by molar-refractivity contribution is 6.12. The van der Waals surface area contributed by atoms with Gasteiger partial charge in [-0.3, -0.25) is 0 Å². The lowest BCUT2D eigenvalue weighted by atomic mass is 9.99. The molecule has 0 fully saturated rings. The zero-order valence-electron chi connectivity index (χ0n) is 29.5. The molecule has 0 unspecified atom stereocenters. The average molecular weight is 700 g/mol. The Kier molecular flexibility index (Phi) is 6.61. The van der Waals surface area contributed by atoms with Crippen LogP contribution in [0.5, 0.6) is 0 Å². The summed E-state index contributed by atoms with van der Waals surface area (Å²) in [5, 5.41) is 27.2. The summed E-state index contributed by atoms with van der Waals surface area (Å²) in [4.78, 5) is 0. The molecule has 0 bridgehead atoms. The van der Waals surface area contributed by atoms with E-state index in [1.54, 1.807) is 0 Å². The molecule has 5 heteroatoms. The van der Waals surface area contributed by atoms with Gasteiger partial charge < -0.3 is 13.7 Å². The Bertz CT molecular complexity index is 3420. The van der Waals surface area contributed by atoms with Crippen LogP contribution in [0.4, 0.5) is 0 Å². The fraction of sp³-hybridized carbons (Fsp3) is 0. The Balaban J connectivity index is 1.13. The predicted octanol–water partition coefficient (Wildman–Crippen LogP) is 12.4. The number of hydrogen-bond donors (Lipinski definition) is 0. The van der Waals surface area contributed by atoms with Crippen LogP contribution >= 0.6 is 0 Å². The number of rotatable bonds is 4. The summed E-state index contributed by atoms with van der Waals surface area (Å²) in [5.41, 5.74) is 12.6. The molecule has 0 N–H and O–H groups in total. The van der Waals surface area contributed by atoms with Crippen molar-refractivity contribution in [2.45, 2.75) is 0 Å². The summed E-state index contributed by atoms with van der Waals surface area (Å²) >= 11 is 0. The molecule has 0 atom stereocenters. The Labute approximate surface area is 316 Å². The van der Waals surface area contributed by atoms with Gasteiger partial charge in [0.25, 0.3) is 0 Å². The Morgan fingerprint density at radius 3 is 1.35 bits per heavy atom. The molecule has 0 radical (unpaired) electrons. The van der Waals surface area contributed by atoms with Crippen LogP contribution in [0, 0.1) is 22.7 Å². The van der Waals surface area contributed by atoms with Crippen LogP contribution < -0.4 is 0 Å². The van der Waals surface area contributed by atoms with Crippen LogP contribution in [-0.2, 0) is 0 Å². The van der Waals surface area contributed by atoms with Crippen LogP contribution in [0.25, 0.3) is 93.6 Å². The van der Waals surface area contributed by atoms with Crippen molar-refractivity contribution < 1.29 is 0 Å². The lowest BCUT2D eigenvalue weighted by molar-refractivity contribution is 1.15. The van der Waals surface area contributed by atoms with E-state index in [9.17, 15) is 10.5 Å². The standard InChI is InChI=1S/C50H29N5/c51-30-32-20-24-42-40-14-3-7-18-47(40)54(49(42)26-32)35-11-9-10-33(27-35)44-28-36(22-21-34(44)31-52)55-48-19-8-4-15-41(48)43-25-23-37(29-50(43)55)53-45-16-5-1-12-38(45)39-13-2-6-17-46(39)53/h1-29H. The topological polar surface area (TPSA) is 62.4 Å². The normalized spacial score (nSPS) is 11.6. The second-order valence-corrected chi connectivity index (χ2v) is 14.0. The molecular weight excluding hydrogens is 671 g/mol. The van der Waals surface area contributed by atoms with E-state index in [-0.39, 0.29) is 0 Å². The van der Waals surface area contributed by atoms with E-state index in [0.717, 1.165) is 66.4 Å². The minimum absolute atomic E-state index is 0.599. The third kappa shape index (κ3) is 4.51. The van der Waals surface area contributed by atoms with E-state index in [1.807, 2.05) is 42.5 Å². The first-order chi connectivity index (χ1) is 27.2. The van der Waals surface area contributed by atoms with Crippen molar-refractivity contribution in [2.75, 3.05) is 0 Å². The maximum absolute atomic E-state index is 10.5. The molecule has 55 heavy (non-hydrogen) atoms. The second kappa shape index (κ2) is 11.8. The highest BCUT2D eigenvalue weighted by Gasteiger charge is 2.19. The molecule has 0 aliphatic rings. The van der Waals surface area contributed by atoms with Crippen molar-refractivity contribution in [3.63, 3.8) is 0 Å². The van der Waals surface area contributed by atoms with Crippen LogP contribution in [0.15, 0.2) is 176 Å². The first-order valence-corrected chi connectivity index (χ1v) is 18.3. The first kappa shape index (κ1) is 30.7. The van der Waals surface area contributed by atoms with E-state index in [2.05, 4.69) is 159 Å². The van der Waals surface area contributed by atoms with Crippen molar-refractivity contribution in [3.05, 3.63) is 187 Å². The van der Waals surface area contributed by atoms with Gasteiger partial charge in [0, 0.05) is 54.9 Å². The number of para-hydroxylation sites is 4. The molecule has 0 saturated heterocycles. The molecule has 0 aliphatic carbocycles. The van der Waals surface area contributed by atoms with E-state index >= 15 is 0 Å². The van der Waals surface area contributed by atoms with Gasteiger partial charge in [-0.2, -0.15) is 10.5 Å². The average Bonchev–Trinajstić information content (AvgIpc) is 3.88.